The molecule has 1 aliphatic heterocycles. The van der Waals surface area contributed by atoms with E-state index in [1.807, 2.05) is 12.1 Å². The van der Waals surface area contributed by atoms with Crippen LogP contribution in [0.3, 0.4) is 0 Å². The van der Waals surface area contributed by atoms with Crippen molar-refractivity contribution in [3.8, 4) is 11.5 Å². The largest absolute Gasteiger partial charge is 0.457 e. The Kier molecular flexibility index (Phi) is 5.81. The minimum Gasteiger partial charge on any atom is -0.457 e. The molecule has 1 saturated heterocycles. The number of rotatable bonds is 5. The predicted molar refractivity (Wildman–Crippen MR) is 113 cm³/mol. The number of morpholine rings is 1. The zero-order valence-corrected chi connectivity index (χ0v) is 17.4. The van der Waals surface area contributed by atoms with Crippen molar-refractivity contribution < 1.29 is 9.47 Å². The molecule has 2 aromatic rings. The summed E-state index contributed by atoms with van der Waals surface area (Å²) >= 11 is 0. The molecule has 0 amide bonds. The van der Waals surface area contributed by atoms with E-state index in [4.69, 9.17) is 9.47 Å². The van der Waals surface area contributed by atoms with Gasteiger partial charge in [0, 0.05) is 18.8 Å². The fourth-order valence-electron chi connectivity index (χ4n) is 4.08. The minimum atomic E-state index is 0.149. The van der Waals surface area contributed by atoms with E-state index >= 15 is 0 Å². The van der Waals surface area contributed by atoms with Crippen molar-refractivity contribution in [2.24, 2.45) is 5.41 Å². The molecule has 1 heterocycles. The first-order chi connectivity index (χ1) is 12.7. The Morgan fingerprint density at radius 3 is 1.85 bits per heavy atom. The summed E-state index contributed by atoms with van der Waals surface area (Å²) < 4.78 is 11.5. The lowest BCUT2D eigenvalue weighted by atomic mass is 9.72. The maximum Gasteiger partial charge on any atom is 0.127 e. The zero-order valence-electron chi connectivity index (χ0n) is 17.4. The van der Waals surface area contributed by atoms with E-state index in [0.717, 1.165) is 44.2 Å². The Morgan fingerprint density at radius 1 is 0.815 bits per heavy atom. The van der Waals surface area contributed by atoms with Gasteiger partial charge < -0.3 is 14.4 Å². The van der Waals surface area contributed by atoms with Crippen molar-refractivity contribution in [1.29, 1.82) is 0 Å². The highest BCUT2D eigenvalue weighted by molar-refractivity contribution is 5.50. The molecule has 0 aliphatic carbocycles. The molecule has 1 fully saturated rings. The van der Waals surface area contributed by atoms with Gasteiger partial charge >= 0.3 is 0 Å². The highest BCUT2D eigenvalue weighted by Gasteiger charge is 2.27. The molecule has 1 aliphatic rings. The molecule has 146 valence electrons. The molecule has 27 heavy (non-hydrogen) atoms. The van der Waals surface area contributed by atoms with E-state index in [0.29, 0.717) is 5.41 Å². The SMILES string of the molecule is CC(C)(C)CC(C)(C)c1ccc(Oc2ccc(N3CCOCC3)cc2)cc1. The Morgan fingerprint density at radius 2 is 1.33 bits per heavy atom. The van der Waals surface area contributed by atoms with Gasteiger partial charge in [-0.25, -0.2) is 0 Å². The number of anilines is 1. The maximum atomic E-state index is 6.05. The maximum absolute atomic E-state index is 6.05. The molecule has 0 atom stereocenters. The van der Waals surface area contributed by atoms with Crippen LogP contribution in [0.15, 0.2) is 48.5 Å². The summed E-state index contributed by atoms with van der Waals surface area (Å²) in [5.41, 5.74) is 3.04. The predicted octanol–water partition coefficient (Wildman–Crippen LogP) is 6.03. The van der Waals surface area contributed by atoms with Gasteiger partial charge in [-0.05, 0) is 59.2 Å². The number of hydrogen-bond donors (Lipinski definition) is 0. The van der Waals surface area contributed by atoms with E-state index in [-0.39, 0.29) is 5.41 Å². The summed E-state index contributed by atoms with van der Waals surface area (Å²) in [5, 5.41) is 0. The van der Waals surface area contributed by atoms with Gasteiger partial charge in [0.2, 0.25) is 0 Å². The lowest BCUT2D eigenvalue weighted by Gasteiger charge is -2.33. The van der Waals surface area contributed by atoms with Crippen molar-refractivity contribution >= 4 is 5.69 Å². The van der Waals surface area contributed by atoms with Crippen LogP contribution in [0.2, 0.25) is 0 Å². The van der Waals surface area contributed by atoms with Gasteiger partial charge in [-0.2, -0.15) is 0 Å². The second kappa shape index (κ2) is 7.93. The van der Waals surface area contributed by atoms with Crippen LogP contribution in [-0.2, 0) is 10.2 Å². The molecule has 3 heteroatoms. The summed E-state index contributed by atoms with van der Waals surface area (Å²) in [7, 11) is 0. The number of ether oxygens (including phenoxy) is 2. The number of nitrogens with zero attached hydrogens (tertiary/aromatic N) is 1. The van der Waals surface area contributed by atoms with E-state index in [9.17, 15) is 0 Å². The lowest BCUT2D eigenvalue weighted by Crippen LogP contribution is -2.36. The standard InChI is InChI=1S/C24H33NO2/c1-23(2,3)18-24(4,5)19-6-10-21(11-7-19)27-22-12-8-20(9-13-22)25-14-16-26-17-15-25/h6-13H,14-18H2,1-5H3. The van der Waals surface area contributed by atoms with Gasteiger partial charge in [0.05, 0.1) is 13.2 Å². The molecular formula is C24H33NO2. The van der Waals surface area contributed by atoms with E-state index in [1.54, 1.807) is 0 Å². The average Bonchev–Trinajstić information content (AvgIpc) is 2.62. The van der Waals surface area contributed by atoms with Gasteiger partial charge in [-0.3, -0.25) is 0 Å². The Bertz CT molecular complexity index is 720. The third kappa shape index (κ3) is 5.49. The molecule has 3 rings (SSSR count). The summed E-state index contributed by atoms with van der Waals surface area (Å²) in [6, 6.07) is 16.9. The van der Waals surface area contributed by atoms with Crippen molar-refractivity contribution in [2.45, 2.75) is 46.5 Å². The quantitative estimate of drug-likeness (QED) is 0.644. The molecule has 0 N–H and O–H groups in total. The summed E-state index contributed by atoms with van der Waals surface area (Å²) in [6.07, 6.45) is 1.14. The monoisotopic (exact) mass is 367 g/mol. The van der Waals surface area contributed by atoms with Gasteiger partial charge in [-0.15, -0.1) is 0 Å². The molecular weight excluding hydrogens is 334 g/mol. The fraction of sp³-hybridized carbons (Fsp3) is 0.500. The third-order valence-corrected chi connectivity index (χ3v) is 5.06. The van der Waals surface area contributed by atoms with E-state index in [1.165, 1.54) is 11.3 Å². The van der Waals surface area contributed by atoms with Crippen LogP contribution in [0.25, 0.3) is 0 Å². The highest BCUT2D eigenvalue weighted by Crippen LogP contribution is 2.37. The first-order valence-electron chi connectivity index (χ1n) is 9.94. The van der Waals surface area contributed by atoms with Crippen LogP contribution < -0.4 is 9.64 Å². The summed E-state index contributed by atoms with van der Waals surface area (Å²) in [6.45, 7) is 15.0. The van der Waals surface area contributed by atoms with Crippen LogP contribution in [0.1, 0.15) is 46.6 Å². The number of benzene rings is 2. The number of hydrogen-bond acceptors (Lipinski definition) is 3. The summed E-state index contributed by atoms with van der Waals surface area (Å²) in [4.78, 5) is 2.35. The molecule has 0 bridgehead atoms. The lowest BCUT2D eigenvalue weighted by molar-refractivity contribution is 0.122. The minimum absolute atomic E-state index is 0.149. The second-order valence-corrected chi connectivity index (χ2v) is 9.34. The Labute approximate surface area is 164 Å². The molecule has 0 spiro atoms. The van der Waals surface area contributed by atoms with Crippen LogP contribution in [-0.4, -0.2) is 26.3 Å². The molecule has 0 aromatic heterocycles. The van der Waals surface area contributed by atoms with E-state index < -0.39 is 0 Å². The summed E-state index contributed by atoms with van der Waals surface area (Å²) in [5.74, 6) is 1.75. The molecule has 3 nitrogen and oxygen atoms in total. The van der Waals surface area contributed by atoms with E-state index in [2.05, 4.69) is 75.9 Å². The van der Waals surface area contributed by atoms with Gasteiger partial charge in [0.25, 0.3) is 0 Å². The first kappa shape index (κ1) is 19.8. The van der Waals surface area contributed by atoms with Gasteiger partial charge in [-0.1, -0.05) is 46.8 Å². The topological polar surface area (TPSA) is 21.7 Å². The van der Waals surface area contributed by atoms with Crippen LogP contribution in [0, 0.1) is 5.41 Å². The normalized spacial score (nSPS) is 15.7. The second-order valence-electron chi connectivity index (χ2n) is 9.34. The van der Waals surface area contributed by atoms with Gasteiger partial charge in [0.1, 0.15) is 11.5 Å². The van der Waals surface area contributed by atoms with Crippen molar-refractivity contribution in [3.05, 3.63) is 54.1 Å². The highest BCUT2D eigenvalue weighted by atomic mass is 16.5. The van der Waals surface area contributed by atoms with Crippen LogP contribution in [0.5, 0.6) is 11.5 Å². The van der Waals surface area contributed by atoms with Crippen molar-refractivity contribution in [1.82, 2.24) is 0 Å². The molecule has 0 saturated carbocycles. The Balaban J connectivity index is 1.64. The fourth-order valence-corrected chi connectivity index (χ4v) is 4.08. The van der Waals surface area contributed by atoms with Crippen LogP contribution in [0.4, 0.5) is 5.69 Å². The zero-order chi connectivity index (χ0) is 19.5. The Hall–Kier alpha value is -2.00. The smallest absolute Gasteiger partial charge is 0.127 e. The average molecular weight is 368 g/mol. The first-order valence-corrected chi connectivity index (χ1v) is 9.94. The molecule has 0 radical (unpaired) electrons. The van der Waals surface area contributed by atoms with Gasteiger partial charge in [0.15, 0.2) is 0 Å². The van der Waals surface area contributed by atoms with Crippen molar-refractivity contribution in [2.75, 3.05) is 31.2 Å². The van der Waals surface area contributed by atoms with Crippen molar-refractivity contribution in [3.63, 3.8) is 0 Å². The molecule has 2 aromatic carbocycles. The third-order valence-electron chi connectivity index (χ3n) is 5.06. The molecule has 0 unspecified atom stereocenters. The van der Waals surface area contributed by atoms with Crippen LogP contribution >= 0.6 is 0 Å².